The average molecular weight is 371 g/mol. The Labute approximate surface area is 160 Å². The minimum atomic E-state index is -0.400. The summed E-state index contributed by atoms with van der Waals surface area (Å²) in [6.45, 7) is 0. The van der Waals surface area contributed by atoms with Crippen LogP contribution in [0.25, 0.3) is 21.8 Å². The number of nitrogens with one attached hydrogen (secondary N) is 1. The summed E-state index contributed by atoms with van der Waals surface area (Å²) in [7, 11) is 0. The Morgan fingerprint density at radius 1 is 1.07 bits per heavy atom. The minimum absolute atomic E-state index is 0.0727. The third-order valence-electron chi connectivity index (χ3n) is 5.42. The van der Waals surface area contributed by atoms with E-state index in [1.807, 2.05) is 24.3 Å². The molecule has 0 fully saturated rings. The first kappa shape index (κ1) is 16.6. The number of fused-ring (bicyclic) bond motifs is 5. The molecule has 5 rings (SSSR count). The van der Waals surface area contributed by atoms with Crippen LogP contribution in [0.5, 0.6) is 0 Å². The van der Waals surface area contributed by atoms with Gasteiger partial charge in [0.2, 0.25) is 0 Å². The number of H-pyrrole nitrogens is 1. The van der Waals surface area contributed by atoms with Crippen LogP contribution in [0.3, 0.4) is 0 Å². The van der Waals surface area contributed by atoms with Crippen molar-refractivity contribution in [2.24, 2.45) is 0 Å². The van der Waals surface area contributed by atoms with E-state index in [2.05, 4.69) is 4.98 Å². The molecule has 1 aliphatic carbocycles. The Bertz CT molecular complexity index is 1260. The molecule has 6 heteroatoms. The average Bonchev–Trinajstić information content (AvgIpc) is 3.08. The van der Waals surface area contributed by atoms with Crippen molar-refractivity contribution in [3.05, 3.63) is 81.2 Å². The molecule has 138 valence electrons. The van der Waals surface area contributed by atoms with Crippen molar-refractivity contribution >= 4 is 33.3 Å². The number of ketones is 1. The van der Waals surface area contributed by atoms with Gasteiger partial charge in [0.15, 0.2) is 5.78 Å². The number of Topliss-reactive ketones (excluding diaryl/α,β-unsaturated/α-hetero) is 1. The summed E-state index contributed by atoms with van der Waals surface area (Å²) in [6, 6.07) is 14.5. The van der Waals surface area contributed by atoms with Crippen LogP contribution < -0.4 is 0 Å². The lowest BCUT2D eigenvalue weighted by Gasteiger charge is -2.17. The quantitative estimate of drug-likeness (QED) is 0.416. The van der Waals surface area contributed by atoms with E-state index in [4.69, 9.17) is 4.98 Å². The zero-order valence-corrected chi connectivity index (χ0v) is 15.1. The fourth-order valence-electron chi connectivity index (χ4n) is 4.12. The van der Waals surface area contributed by atoms with Gasteiger partial charge in [0.05, 0.1) is 21.8 Å². The van der Waals surface area contributed by atoms with Gasteiger partial charge in [-0.3, -0.25) is 19.9 Å². The molecule has 0 saturated carbocycles. The van der Waals surface area contributed by atoms with E-state index >= 15 is 0 Å². The predicted molar refractivity (Wildman–Crippen MR) is 107 cm³/mol. The van der Waals surface area contributed by atoms with E-state index in [0.717, 1.165) is 57.2 Å². The molecule has 0 bridgehead atoms. The number of carbonyl (C=O) groups is 1. The third kappa shape index (κ3) is 2.57. The highest BCUT2D eigenvalue weighted by atomic mass is 16.6. The van der Waals surface area contributed by atoms with E-state index in [1.54, 1.807) is 12.1 Å². The van der Waals surface area contributed by atoms with Crippen LogP contribution in [0.15, 0.2) is 48.5 Å². The van der Waals surface area contributed by atoms with Gasteiger partial charge < -0.3 is 4.98 Å². The number of para-hydroxylation sites is 1. The van der Waals surface area contributed by atoms with Gasteiger partial charge in [-0.25, -0.2) is 0 Å². The lowest BCUT2D eigenvalue weighted by atomic mass is 9.90. The summed E-state index contributed by atoms with van der Waals surface area (Å²) < 4.78 is 0. The van der Waals surface area contributed by atoms with Crippen molar-refractivity contribution in [2.45, 2.75) is 25.7 Å². The summed E-state index contributed by atoms with van der Waals surface area (Å²) in [6.07, 6.45) is 2.72. The lowest BCUT2D eigenvalue weighted by molar-refractivity contribution is -0.384. The van der Waals surface area contributed by atoms with E-state index in [1.165, 1.54) is 12.1 Å². The Balaban J connectivity index is 1.72. The molecule has 4 aromatic rings. The van der Waals surface area contributed by atoms with Crippen molar-refractivity contribution in [3.8, 4) is 0 Å². The zero-order chi connectivity index (χ0) is 19.3. The topological polar surface area (TPSA) is 88.9 Å². The summed E-state index contributed by atoms with van der Waals surface area (Å²) in [5.41, 5.74) is 5.37. The van der Waals surface area contributed by atoms with Gasteiger partial charge in [0.25, 0.3) is 5.69 Å². The second-order valence-electron chi connectivity index (χ2n) is 7.18. The highest BCUT2D eigenvalue weighted by Gasteiger charge is 2.25. The van der Waals surface area contributed by atoms with Crippen LogP contribution in [0.2, 0.25) is 0 Å². The number of hydrogen-bond acceptors (Lipinski definition) is 4. The van der Waals surface area contributed by atoms with E-state index in [0.29, 0.717) is 12.8 Å². The third-order valence-corrected chi connectivity index (χ3v) is 5.42. The number of aromatic nitrogens is 2. The molecule has 0 amide bonds. The Hall–Kier alpha value is -3.54. The number of benzene rings is 2. The molecule has 28 heavy (non-hydrogen) atoms. The Kier molecular flexibility index (Phi) is 3.72. The first-order chi connectivity index (χ1) is 13.6. The number of nitro groups is 1. The number of nitrogens with zero attached hydrogens (tertiary/aromatic N) is 2. The monoisotopic (exact) mass is 371 g/mol. The number of hydrogen-bond donors (Lipinski definition) is 1. The predicted octanol–water partition coefficient (Wildman–Crippen LogP) is 4.73. The number of carbonyl (C=O) groups excluding carboxylic acids is 1. The smallest absolute Gasteiger partial charge is 0.269 e. The zero-order valence-electron chi connectivity index (χ0n) is 15.1. The maximum absolute atomic E-state index is 12.7. The van der Waals surface area contributed by atoms with Crippen LogP contribution in [0.4, 0.5) is 5.69 Å². The molecule has 2 heterocycles. The van der Waals surface area contributed by atoms with Crippen molar-refractivity contribution in [1.82, 2.24) is 9.97 Å². The number of aromatic amines is 1. The number of nitro benzene ring substituents is 1. The molecular formula is C22H17N3O3. The van der Waals surface area contributed by atoms with Crippen molar-refractivity contribution < 1.29 is 9.72 Å². The first-order valence-electron chi connectivity index (χ1n) is 9.30. The van der Waals surface area contributed by atoms with Crippen molar-refractivity contribution in [1.29, 1.82) is 0 Å². The lowest BCUT2D eigenvalue weighted by Crippen LogP contribution is -2.14. The van der Waals surface area contributed by atoms with Gasteiger partial charge in [-0.1, -0.05) is 30.3 Å². The van der Waals surface area contributed by atoms with Crippen LogP contribution in [-0.4, -0.2) is 20.7 Å². The molecule has 2 aromatic carbocycles. The molecule has 2 aromatic heterocycles. The standard InChI is InChI=1S/C22H17N3O3/c26-19-7-3-6-17-21(19)20-15-4-1-2-5-16(15)24-22(20)18(23-17)12-13-8-10-14(11-9-13)25(27)28/h1-2,4-5,8-11,24H,3,6-7,12H2. The van der Waals surface area contributed by atoms with Crippen molar-refractivity contribution in [3.63, 3.8) is 0 Å². The molecule has 6 nitrogen and oxygen atoms in total. The van der Waals surface area contributed by atoms with Gasteiger partial charge >= 0.3 is 0 Å². The van der Waals surface area contributed by atoms with Crippen LogP contribution in [-0.2, 0) is 12.8 Å². The first-order valence-corrected chi connectivity index (χ1v) is 9.30. The maximum Gasteiger partial charge on any atom is 0.269 e. The van der Waals surface area contributed by atoms with E-state index in [-0.39, 0.29) is 11.5 Å². The molecule has 0 aliphatic heterocycles. The number of aryl methyl sites for hydroxylation is 1. The van der Waals surface area contributed by atoms with Gasteiger partial charge in [-0.05, 0) is 24.5 Å². The van der Waals surface area contributed by atoms with Gasteiger partial charge in [0, 0.05) is 46.8 Å². The second-order valence-corrected chi connectivity index (χ2v) is 7.18. The Morgan fingerprint density at radius 2 is 1.86 bits per heavy atom. The van der Waals surface area contributed by atoms with Gasteiger partial charge in [-0.15, -0.1) is 0 Å². The summed E-state index contributed by atoms with van der Waals surface area (Å²) in [5.74, 6) is 0.158. The molecule has 0 saturated heterocycles. The minimum Gasteiger partial charge on any atom is -0.353 e. The SMILES string of the molecule is O=C1CCCc2nc(Cc3ccc([N+](=O)[O-])cc3)c3[nH]c4ccccc4c3c21. The summed E-state index contributed by atoms with van der Waals surface area (Å²) in [5, 5.41) is 12.9. The fraction of sp³-hybridized carbons (Fsp3) is 0.182. The largest absolute Gasteiger partial charge is 0.353 e. The molecule has 0 spiro atoms. The Morgan fingerprint density at radius 3 is 2.64 bits per heavy atom. The summed E-state index contributed by atoms with van der Waals surface area (Å²) in [4.78, 5) is 31.5. The molecular weight excluding hydrogens is 354 g/mol. The fourth-order valence-corrected chi connectivity index (χ4v) is 4.12. The molecule has 0 atom stereocenters. The van der Waals surface area contributed by atoms with Gasteiger partial charge in [-0.2, -0.15) is 0 Å². The van der Waals surface area contributed by atoms with Gasteiger partial charge in [0.1, 0.15) is 0 Å². The van der Waals surface area contributed by atoms with E-state index in [9.17, 15) is 14.9 Å². The van der Waals surface area contributed by atoms with E-state index < -0.39 is 4.92 Å². The molecule has 0 unspecified atom stereocenters. The molecule has 0 radical (unpaired) electrons. The maximum atomic E-state index is 12.7. The normalized spacial score (nSPS) is 13.8. The number of non-ortho nitro benzene ring substituents is 1. The van der Waals surface area contributed by atoms with Crippen molar-refractivity contribution in [2.75, 3.05) is 0 Å². The molecule has 1 aliphatic rings. The highest BCUT2D eigenvalue weighted by Crippen LogP contribution is 2.35. The van der Waals surface area contributed by atoms with Crippen LogP contribution in [0.1, 0.15) is 40.2 Å². The number of rotatable bonds is 3. The number of pyridine rings is 1. The summed E-state index contributed by atoms with van der Waals surface area (Å²) >= 11 is 0. The molecule has 1 N–H and O–H groups in total. The second kappa shape index (κ2) is 6.27. The van der Waals surface area contributed by atoms with Crippen LogP contribution >= 0.6 is 0 Å². The highest BCUT2D eigenvalue weighted by molar-refractivity contribution is 6.19. The van der Waals surface area contributed by atoms with Crippen LogP contribution in [0, 0.1) is 10.1 Å².